The number of carbonyl (C=O) groups excluding carboxylic acids is 2. The number of carboxylic acids is 1. The van der Waals surface area contributed by atoms with E-state index in [4.69, 9.17) is 10.3 Å². The molecule has 0 aromatic heterocycles. The van der Waals surface area contributed by atoms with Crippen molar-refractivity contribution in [2.45, 2.75) is 44.8 Å². The molecule has 112 valence electrons. The fraction of sp³-hybridized carbons (Fsp3) is 0.667. The van der Waals surface area contributed by atoms with Crippen LogP contribution < -0.4 is 5.32 Å². The third-order valence-electron chi connectivity index (χ3n) is 3.10. The predicted octanol–water partition coefficient (Wildman–Crippen LogP) is 0.0208. The van der Waals surface area contributed by atoms with E-state index in [0.717, 1.165) is 0 Å². The number of carbonyl (C=O) groups is 3. The lowest BCUT2D eigenvalue weighted by molar-refractivity contribution is -0.150. The maximum absolute atomic E-state index is 11.8. The first-order valence-corrected chi connectivity index (χ1v) is 6.11. The Morgan fingerprint density at radius 2 is 2.10 bits per heavy atom. The summed E-state index contributed by atoms with van der Waals surface area (Å²) in [4.78, 5) is 37.0. The van der Waals surface area contributed by atoms with Crippen molar-refractivity contribution in [1.82, 2.24) is 5.32 Å². The van der Waals surface area contributed by atoms with Gasteiger partial charge in [-0.1, -0.05) is 6.92 Å². The van der Waals surface area contributed by atoms with E-state index in [1.54, 1.807) is 6.92 Å². The Bertz CT molecular complexity index is 431. The van der Waals surface area contributed by atoms with Crippen molar-refractivity contribution in [1.29, 1.82) is 0 Å². The van der Waals surface area contributed by atoms with Gasteiger partial charge in [0, 0.05) is 13.5 Å². The van der Waals surface area contributed by atoms with Gasteiger partial charge in [0.05, 0.1) is 0 Å². The predicted molar refractivity (Wildman–Crippen MR) is 69.2 cm³/mol. The first-order chi connectivity index (χ1) is 9.32. The van der Waals surface area contributed by atoms with Crippen molar-refractivity contribution in [3.05, 3.63) is 5.53 Å². The van der Waals surface area contributed by atoms with Gasteiger partial charge in [0.2, 0.25) is 11.7 Å². The SMILES string of the molecule is CC[C@@](CCC(=O)C=[N+]=[N-])(NC(=O)[C@H](C)OC)C(=O)O. The van der Waals surface area contributed by atoms with Gasteiger partial charge in [0.25, 0.3) is 0 Å². The molecule has 2 N–H and O–H groups in total. The van der Waals surface area contributed by atoms with Gasteiger partial charge in [-0.15, -0.1) is 0 Å². The number of ketones is 1. The van der Waals surface area contributed by atoms with Crippen LogP contribution in [-0.4, -0.2) is 52.5 Å². The summed E-state index contributed by atoms with van der Waals surface area (Å²) in [6.45, 7) is 3.08. The summed E-state index contributed by atoms with van der Waals surface area (Å²) < 4.78 is 4.82. The molecule has 0 bridgehead atoms. The maximum atomic E-state index is 11.8. The molecule has 20 heavy (non-hydrogen) atoms. The van der Waals surface area contributed by atoms with Gasteiger partial charge < -0.3 is 20.7 Å². The van der Waals surface area contributed by atoms with E-state index >= 15 is 0 Å². The molecule has 0 aliphatic carbocycles. The standard InChI is InChI=1S/C12H19N3O5/c1-4-12(11(18)19,6-5-9(16)7-14-13)15-10(17)8(2)20-3/h7-8H,4-6H2,1-3H3,(H,15,17)(H,18,19)/t8-,12-/m0/s1. The fourth-order valence-corrected chi connectivity index (χ4v) is 1.55. The Balaban J connectivity index is 5.01. The molecule has 0 spiro atoms. The van der Waals surface area contributed by atoms with Crippen molar-refractivity contribution in [3.63, 3.8) is 0 Å². The highest BCUT2D eigenvalue weighted by molar-refractivity contribution is 6.25. The lowest BCUT2D eigenvalue weighted by Gasteiger charge is -2.30. The highest BCUT2D eigenvalue weighted by atomic mass is 16.5. The lowest BCUT2D eigenvalue weighted by Crippen LogP contribution is -2.56. The van der Waals surface area contributed by atoms with Gasteiger partial charge in [0.1, 0.15) is 11.6 Å². The molecule has 2 atom stereocenters. The van der Waals surface area contributed by atoms with Gasteiger partial charge in [-0.2, -0.15) is 4.79 Å². The second kappa shape index (κ2) is 8.19. The summed E-state index contributed by atoms with van der Waals surface area (Å²) in [7, 11) is 1.33. The number of hydrogen-bond acceptors (Lipinski definition) is 4. The van der Waals surface area contributed by atoms with Crippen LogP contribution in [-0.2, 0) is 19.1 Å². The monoisotopic (exact) mass is 285 g/mol. The molecular formula is C12H19N3O5. The average molecular weight is 285 g/mol. The number of nitrogens with one attached hydrogen (secondary N) is 1. The van der Waals surface area contributed by atoms with E-state index in [0.29, 0.717) is 6.21 Å². The van der Waals surface area contributed by atoms with Crippen molar-refractivity contribution in [2.24, 2.45) is 0 Å². The number of Topliss-reactive ketones (excluding diaryl/α,β-unsaturated/α-hetero) is 1. The zero-order valence-electron chi connectivity index (χ0n) is 11.8. The second-order valence-corrected chi connectivity index (χ2v) is 4.32. The van der Waals surface area contributed by atoms with Crippen molar-refractivity contribution in [3.8, 4) is 0 Å². The molecule has 0 unspecified atom stereocenters. The summed E-state index contributed by atoms with van der Waals surface area (Å²) >= 11 is 0. The average Bonchev–Trinajstić information content (AvgIpc) is 2.42. The highest BCUT2D eigenvalue weighted by Crippen LogP contribution is 2.19. The van der Waals surface area contributed by atoms with E-state index in [-0.39, 0.29) is 19.3 Å². The minimum atomic E-state index is -1.55. The molecule has 1 amide bonds. The molecule has 0 saturated heterocycles. The molecule has 0 rings (SSSR count). The molecule has 0 aliphatic rings. The smallest absolute Gasteiger partial charge is 0.329 e. The van der Waals surface area contributed by atoms with Crippen LogP contribution in [0.4, 0.5) is 0 Å². The van der Waals surface area contributed by atoms with E-state index in [1.807, 2.05) is 0 Å². The zero-order chi connectivity index (χ0) is 15.8. The number of carboxylic acid groups (broad SMARTS) is 1. The largest absolute Gasteiger partial charge is 0.480 e. The van der Waals surface area contributed by atoms with Crippen molar-refractivity contribution in [2.75, 3.05) is 7.11 Å². The van der Waals surface area contributed by atoms with Gasteiger partial charge in [0.15, 0.2) is 0 Å². The number of aliphatic carboxylic acids is 1. The molecule has 0 aromatic rings. The lowest BCUT2D eigenvalue weighted by atomic mass is 9.89. The Morgan fingerprint density at radius 1 is 1.50 bits per heavy atom. The Hall–Kier alpha value is -2.05. The van der Waals surface area contributed by atoms with Crippen LogP contribution >= 0.6 is 0 Å². The van der Waals surface area contributed by atoms with Gasteiger partial charge in [-0.05, 0) is 19.8 Å². The third kappa shape index (κ3) is 4.91. The molecule has 8 heteroatoms. The summed E-state index contributed by atoms with van der Waals surface area (Å²) in [5.41, 5.74) is 6.68. The number of amides is 1. The minimum absolute atomic E-state index is 0.105. The van der Waals surface area contributed by atoms with Crippen LogP contribution in [0.15, 0.2) is 0 Å². The van der Waals surface area contributed by atoms with Crippen LogP contribution in [0.25, 0.3) is 5.53 Å². The molecule has 0 radical (unpaired) electrons. The molecule has 0 saturated carbocycles. The summed E-state index contributed by atoms with van der Waals surface area (Å²) in [6, 6.07) is 0. The van der Waals surface area contributed by atoms with Crippen LogP contribution in [0.5, 0.6) is 0 Å². The van der Waals surface area contributed by atoms with Crippen molar-refractivity contribution < 1.29 is 29.0 Å². The number of methoxy groups -OCH3 is 1. The van der Waals surface area contributed by atoms with Crippen LogP contribution in [0.3, 0.4) is 0 Å². The topological polar surface area (TPSA) is 129 Å². The van der Waals surface area contributed by atoms with Crippen LogP contribution in [0, 0.1) is 0 Å². The zero-order valence-corrected chi connectivity index (χ0v) is 11.8. The Labute approximate surface area is 116 Å². The summed E-state index contributed by atoms with van der Waals surface area (Å²) in [5.74, 6) is -2.33. The van der Waals surface area contributed by atoms with Gasteiger partial charge in [-0.25, -0.2) is 4.79 Å². The molecule has 8 nitrogen and oxygen atoms in total. The van der Waals surface area contributed by atoms with E-state index < -0.39 is 29.3 Å². The van der Waals surface area contributed by atoms with Gasteiger partial charge >= 0.3 is 12.2 Å². The van der Waals surface area contributed by atoms with Gasteiger partial charge in [-0.3, -0.25) is 9.59 Å². The second-order valence-electron chi connectivity index (χ2n) is 4.32. The fourth-order valence-electron chi connectivity index (χ4n) is 1.55. The van der Waals surface area contributed by atoms with Crippen LogP contribution in [0.1, 0.15) is 33.1 Å². The molecule has 0 heterocycles. The molecule has 0 aliphatic heterocycles. The minimum Gasteiger partial charge on any atom is -0.480 e. The Morgan fingerprint density at radius 3 is 2.50 bits per heavy atom. The highest BCUT2D eigenvalue weighted by Gasteiger charge is 2.39. The van der Waals surface area contributed by atoms with Crippen molar-refractivity contribution >= 4 is 23.9 Å². The summed E-state index contributed by atoms with van der Waals surface area (Å²) in [6.07, 6.45) is -0.261. The number of rotatable bonds is 9. The normalized spacial score (nSPS) is 14.6. The number of hydrogen-bond donors (Lipinski definition) is 2. The summed E-state index contributed by atoms with van der Waals surface area (Å²) in [5, 5.41) is 11.7. The maximum Gasteiger partial charge on any atom is 0.329 e. The molecular weight excluding hydrogens is 266 g/mol. The molecule has 0 fully saturated rings. The number of ether oxygens (including phenoxy) is 1. The van der Waals surface area contributed by atoms with E-state index in [1.165, 1.54) is 14.0 Å². The number of nitrogens with zero attached hydrogens (tertiary/aromatic N) is 2. The first-order valence-electron chi connectivity index (χ1n) is 6.11. The third-order valence-corrected chi connectivity index (χ3v) is 3.10. The quantitative estimate of drug-likeness (QED) is 0.350. The van der Waals surface area contributed by atoms with Crippen LogP contribution in [0.2, 0.25) is 0 Å². The first kappa shape index (κ1) is 17.9. The van der Waals surface area contributed by atoms with E-state index in [9.17, 15) is 19.5 Å². The molecule has 0 aromatic carbocycles. The Kier molecular flexibility index (Phi) is 7.35. The van der Waals surface area contributed by atoms with E-state index in [2.05, 4.69) is 10.1 Å².